The van der Waals surface area contributed by atoms with Gasteiger partial charge in [0.05, 0.1) is 15.9 Å². The summed E-state index contributed by atoms with van der Waals surface area (Å²) in [4.78, 5) is 11.9. The summed E-state index contributed by atoms with van der Waals surface area (Å²) in [6, 6.07) is 6.69. The number of sulfonamides is 1. The summed E-state index contributed by atoms with van der Waals surface area (Å²) in [5.41, 5.74) is 1.00. The highest BCUT2D eigenvalue weighted by atomic mass is 32.2. The topological polar surface area (TPSA) is 72.5 Å². The standard InChI is InChI=1S/C15H19NO4S3/c1-10-2-4-11(5-3-10)23(18,19)16-9-13-12(8-14(17)20-13)15-21-6-7-22-15/h2-5,12-13,15-16H,6-9H2,1H3/t12-,13-/m1/s1. The van der Waals surface area contributed by atoms with Crippen LogP contribution in [0.15, 0.2) is 29.2 Å². The van der Waals surface area contributed by atoms with Crippen LogP contribution in [0.2, 0.25) is 0 Å². The first kappa shape index (κ1) is 17.1. The van der Waals surface area contributed by atoms with Crippen molar-refractivity contribution < 1.29 is 17.9 Å². The molecule has 0 aromatic heterocycles. The fourth-order valence-corrected chi connectivity index (χ4v) is 6.99. The normalized spacial score (nSPS) is 25.7. The zero-order valence-corrected chi connectivity index (χ0v) is 15.2. The van der Waals surface area contributed by atoms with Gasteiger partial charge in [-0.05, 0) is 19.1 Å². The van der Waals surface area contributed by atoms with Crippen LogP contribution < -0.4 is 4.72 Å². The summed E-state index contributed by atoms with van der Waals surface area (Å²) in [5.74, 6) is 1.98. The number of esters is 1. The number of carbonyl (C=O) groups excluding carboxylic acids is 1. The predicted molar refractivity (Wildman–Crippen MR) is 93.1 cm³/mol. The van der Waals surface area contributed by atoms with E-state index in [2.05, 4.69) is 4.72 Å². The molecule has 23 heavy (non-hydrogen) atoms. The van der Waals surface area contributed by atoms with Crippen LogP contribution in [-0.2, 0) is 19.6 Å². The summed E-state index contributed by atoms with van der Waals surface area (Å²) in [5, 5.41) is 0. The molecule has 2 aliphatic rings. The van der Waals surface area contributed by atoms with E-state index < -0.39 is 10.0 Å². The summed E-state index contributed by atoms with van der Waals surface area (Å²) < 4.78 is 32.9. The molecule has 1 N–H and O–H groups in total. The van der Waals surface area contributed by atoms with Gasteiger partial charge in [0.15, 0.2) is 0 Å². The lowest BCUT2D eigenvalue weighted by Gasteiger charge is -2.22. The number of cyclic esters (lactones) is 1. The van der Waals surface area contributed by atoms with Crippen molar-refractivity contribution in [3.8, 4) is 0 Å². The van der Waals surface area contributed by atoms with Crippen molar-refractivity contribution in [2.75, 3.05) is 18.1 Å². The maximum Gasteiger partial charge on any atom is 0.306 e. The van der Waals surface area contributed by atoms with Gasteiger partial charge in [-0.15, -0.1) is 23.5 Å². The fourth-order valence-electron chi connectivity index (χ4n) is 2.71. The second-order valence-corrected chi connectivity index (χ2v) is 10.2. The first-order chi connectivity index (χ1) is 11.0. The molecular weight excluding hydrogens is 354 g/mol. The Labute approximate surface area is 145 Å². The van der Waals surface area contributed by atoms with Crippen LogP contribution in [0.3, 0.4) is 0 Å². The third-order valence-corrected chi connectivity index (χ3v) is 8.72. The SMILES string of the molecule is Cc1ccc(S(=O)(=O)NC[C@H]2OC(=O)C[C@H]2C2SCCS2)cc1. The Kier molecular flexibility index (Phi) is 5.25. The highest BCUT2D eigenvalue weighted by molar-refractivity contribution is 8.20. The number of hydrogen-bond acceptors (Lipinski definition) is 6. The minimum Gasteiger partial charge on any atom is -0.461 e. The molecule has 0 bridgehead atoms. The van der Waals surface area contributed by atoms with Gasteiger partial charge < -0.3 is 4.74 Å². The largest absolute Gasteiger partial charge is 0.461 e. The Balaban J connectivity index is 1.66. The number of thioether (sulfide) groups is 2. The van der Waals surface area contributed by atoms with Gasteiger partial charge in [-0.25, -0.2) is 13.1 Å². The van der Waals surface area contributed by atoms with Crippen molar-refractivity contribution in [3.05, 3.63) is 29.8 Å². The summed E-state index contributed by atoms with van der Waals surface area (Å²) in [6.45, 7) is 2.04. The molecule has 0 radical (unpaired) electrons. The van der Waals surface area contributed by atoms with E-state index in [1.165, 1.54) is 0 Å². The van der Waals surface area contributed by atoms with Crippen LogP contribution in [-0.4, -0.2) is 43.1 Å². The van der Waals surface area contributed by atoms with Gasteiger partial charge in [0, 0.05) is 24.0 Å². The van der Waals surface area contributed by atoms with Crippen LogP contribution in [0, 0.1) is 12.8 Å². The maximum absolute atomic E-state index is 12.3. The van der Waals surface area contributed by atoms with Crippen LogP contribution >= 0.6 is 23.5 Å². The zero-order chi connectivity index (χ0) is 16.4. The Morgan fingerprint density at radius 3 is 2.52 bits per heavy atom. The lowest BCUT2D eigenvalue weighted by Crippen LogP contribution is -2.37. The third-order valence-electron chi connectivity index (χ3n) is 3.97. The van der Waals surface area contributed by atoms with Crippen LogP contribution in [0.4, 0.5) is 0 Å². The molecule has 2 aliphatic heterocycles. The lowest BCUT2D eigenvalue weighted by molar-refractivity contribution is -0.141. The number of nitrogens with one attached hydrogen (secondary N) is 1. The second kappa shape index (κ2) is 7.04. The smallest absolute Gasteiger partial charge is 0.306 e. The molecular formula is C15H19NO4S3. The van der Waals surface area contributed by atoms with Crippen molar-refractivity contribution in [1.82, 2.24) is 4.72 Å². The highest BCUT2D eigenvalue weighted by Crippen LogP contribution is 2.43. The highest BCUT2D eigenvalue weighted by Gasteiger charge is 2.42. The minimum absolute atomic E-state index is 0.0701. The number of carbonyl (C=O) groups is 1. The third kappa shape index (κ3) is 4.04. The Bertz CT molecular complexity index is 668. The molecule has 3 rings (SSSR count). The molecule has 2 atom stereocenters. The molecule has 8 heteroatoms. The van der Waals surface area contributed by atoms with Gasteiger partial charge in [-0.3, -0.25) is 4.79 Å². The van der Waals surface area contributed by atoms with E-state index in [1.807, 2.05) is 30.4 Å². The van der Waals surface area contributed by atoms with Gasteiger partial charge in [0.2, 0.25) is 10.0 Å². The van der Waals surface area contributed by atoms with E-state index in [1.54, 1.807) is 24.3 Å². The summed E-state index contributed by atoms with van der Waals surface area (Å²) in [7, 11) is -3.58. The van der Waals surface area contributed by atoms with E-state index >= 15 is 0 Å². The molecule has 0 aliphatic carbocycles. The zero-order valence-electron chi connectivity index (χ0n) is 12.7. The maximum atomic E-state index is 12.3. The first-order valence-corrected chi connectivity index (χ1v) is 11.0. The Morgan fingerprint density at radius 2 is 1.87 bits per heavy atom. The fraction of sp³-hybridized carbons (Fsp3) is 0.533. The quantitative estimate of drug-likeness (QED) is 0.796. The van der Waals surface area contributed by atoms with Crippen molar-refractivity contribution in [3.63, 3.8) is 0 Å². The molecule has 0 amide bonds. The molecule has 126 valence electrons. The van der Waals surface area contributed by atoms with Crippen molar-refractivity contribution >= 4 is 39.5 Å². The molecule has 2 heterocycles. The number of ether oxygens (including phenoxy) is 1. The molecule has 0 spiro atoms. The molecule has 1 aromatic rings. The molecule has 2 saturated heterocycles. The summed E-state index contributed by atoms with van der Waals surface area (Å²) >= 11 is 3.66. The summed E-state index contributed by atoms with van der Waals surface area (Å²) in [6.07, 6.45) is -0.00692. The number of hydrogen-bond donors (Lipinski definition) is 1. The van der Waals surface area contributed by atoms with Gasteiger partial charge >= 0.3 is 5.97 Å². The van der Waals surface area contributed by atoms with Crippen LogP contribution in [0.1, 0.15) is 12.0 Å². The average molecular weight is 374 g/mol. The number of aryl methyl sites for hydroxylation is 1. The minimum atomic E-state index is -3.58. The van der Waals surface area contributed by atoms with E-state index in [0.717, 1.165) is 17.1 Å². The molecule has 1 aromatic carbocycles. The lowest BCUT2D eigenvalue weighted by atomic mass is 10.0. The van der Waals surface area contributed by atoms with Crippen molar-refractivity contribution in [2.24, 2.45) is 5.92 Å². The van der Waals surface area contributed by atoms with Crippen molar-refractivity contribution in [1.29, 1.82) is 0 Å². The molecule has 2 fully saturated rings. The van der Waals surface area contributed by atoms with E-state index in [9.17, 15) is 13.2 Å². The van der Waals surface area contributed by atoms with Crippen LogP contribution in [0.5, 0.6) is 0 Å². The van der Waals surface area contributed by atoms with Gasteiger partial charge in [0.25, 0.3) is 0 Å². The van der Waals surface area contributed by atoms with Gasteiger partial charge in [-0.2, -0.15) is 0 Å². The Morgan fingerprint density at radius 1 is 1.22 bits per heavy atom. The first-order valence-electron chi connectivity index (χ1n) is 7.45. The Hall–Kier alpha value is -0.700. The number of rotatable bonds is 5. The molecule has 0 unspecified atom stereocenters. The number of benzene rings is 1. The molecule has 0 saturated carbocycles. The van der Waals surface area contributed by atoms with Crippen LogP contribution in [0.25, 0.3) is 0 Å². The molecule has 5 nitrogen and oxygen atoms in total. The van der Waals surface area contributed by atoms with E-state index in [4.69, 9.17) is 4.74 Å². The monoisotopic (exact) mass is 373 g/mol. The second-order valence-electron chi connectivity index (χ2n) is 5.67. The average Bonchev–Trinajstić information content (AvgIpc) is 3.14. The van der Waals surface area contributed by atoms with Gasteiger partial charge in [0.1, 0.15) is 6.10 Å². The van der Waals surface area contributed by atoms with E-state index in [0.29, 0.717) is 11.0 Å². The van der Waals surface area contributed by atoms with E-state index in [-0.39, 0.29) is 29.4 Å². The van der Waals surface area contributed by atoms with Gasteiger partial charge in [-0.1, -0.05) is 17.7 Å². The predicted octanol–water partition coefficient (Wildman–Crippen LogP) is 2.01. The van der Waals surface area contributed by atoms with Crippen molar-refractivity contribution in [2.45, 2.75) is 28.9 Å².